The van der Waals surface area contributed by atoms with E-state index < -0.39 is 0 Å². The molecule has 104 valence electrons. The van der Waals surface area contributed by atoms with Crippen LogP contribution >= 0.6 is 0 Å². The lowest BCUT2D eigenvalue weighted by Gasteiger charge is -2.17. The van der Waals surface area contributed by atoms with Crippen LogP contribution in [0.3, 0.4) is 0 Å². The zero-order chi connectivity index (χ0) is 14.3. The molecule has 0 heterocycles. The van der Waals surface area contributed by atoms with Crippen LogP contribution in [0.5, 0.6) is 0 Å². The van der Waals surface area contributed by atoms with E-state index in [1.807, 2.05) is 19.9 Å². The molecular weight excluding hydrogens is 248 g/mol. The Hall–Kier alpha value is -1.87. The van der Waals surface area contributed by atoms with Crippen LogP contribution in [0.4, 0.5) is 5.69 Å². The molecule has 0 bridgehead atoms. The second-order valence-corrected chi connectivity index (χ2v) is 5.75. The molecule has 3 nitrogen and oxygen atoms in total. The fraction of sp³-hybridized carbons (Fsp3) is 0.353. The van der Waals surface area contributed by atoms with E-state index in [2.05, 4.69) is 29.6 Å². The number of rotatable bonds is 3. The number of benzene rings is 2. The molecule has 3 N–H and O–H groups in total. The van der Waals surface area contributed by atoms with Gasteiger partial charge in [0.2, 0.25) is 5.91 Å². The van der Waals surface area contributed by atoms with Gasteiger partial charge in [0.25, 0.3) is 0 Å². The van der Waals surface area contributed by atoms with Crippen LogP contribution in [-0.4, -0.2) is 11.9 Å². The Balaban J connectivity index is 2.00. The third-order valence-corrected chi connectivity index (χ3v) is 4.34. The molecule has 2 atom stereocenters. The fourth-order valence-corrected chi connectivity index (χ4v) is 2.84. The third-order valence-electron chi connectivity index (χ3n) is 4.34. The van der Waals surface area contributed by atoms with Gasteiger partial charge >= 0.3 is 0 Å². The van der Waals surface area contributed by atoms with Gasteiger partial charge in [-0.15, -0.1) is 0 Å². The molecule has 0 radical (unpaired) electrons. The summed E-state index contributed by atoms with van der Waals surface area (Å²) in [5.41, 5.74) is 9.46. The molecule has 2 unspecified atom stereocenters. The quantitative estimate of drug-likeness (QED) is 0.899. The van der Waals surface area contributed by atoms with Crippen molar-refractivity contribution in [1.29, 1.82) is 0 Å². The fourth-order valence-electron chi connectivity index (χ4n) is 2.84. The SMILES string of the molecule is CC(N)C(C)C(=O)Nc1ccc2c3c(cccc13)CC2. The zero-order valence-electron chi connectivity index (χ0n) is 11.9. The minimum absolute atomic E-state index is 0.0151. The van der Waals surface area contributed by atoms with Crippen molar-refractivity contribution in [3.63, 3.8) is 0 Å². The van der Waals surface area contributed by atoms with E-state index in [1.165, 1.54) is 16.5 Å². The highest BCUT2D eigenvalue weighted by Gasteiger charge is 2.20. The van der Waals surface area contributed by atoms with Gasteiger partial charge < -0.3 is 11.1 Å². The largest absolute Gasteiger partial charge is 0.327 e. The second-order valence-electron chi connectivity index (χ2n) is 5.75. The van der Waals surface area contributed by atoms with Gasteiger partial charge in [0.05, 0.1) is 5.92 Å². The molecule has 3 rings (SSSR count). The van der Waals surface area contributed by atoms with E-state index in [1.54, 1.807) is 0 Å². The summed E-state index contributed by atoms with van der Waals surface area (Å²) in [5.74, 6) is -0.211. The Morgan fingerprint density at radius 2 is 1.85 bits per heavy atom. The topological polar surface area (TPSA) is 55.1 Å². The Bertz CT molecular complexity index is 666. The molecule has 0 saturated carbocycles. The first-order valence-corrected chi connectivity index (χ1v) is 7.18. The number of nitrogens with two attached hydrogens (primary N) is 1. The first kappa shape index (κ1) is 13.1. The van der Waals surface area contributed by atoms with Crippen molar-refractivity contribution in [3.8, 4) is 0 Å². The average Bonchev–Trinajstić information content (AvgIpc) is 2.86. The minimum atomic E-state index is -0.196. The smallest absolute Gasteiger partial charge is 0.228 e. The minimum Gasteiger partial charge on any atom is -0.327 e. The number of aryl methyl sites for hydroxylation is 2. The van der Waals surface area contributed by atoms with Crippen molar-refractivity contribution in [3.05, 3.63) is 41.5 Å². The van der Waals surface area contributed by atoms with E-state index in [9.17, 15) is 4.79 Å². The van der Waals surface area contributed by atoms with E-state index in [4.69, 9.17) is 5.73 Å². The summed E-state index contributed by atoms with van der Waals surface area (Å²) in [4.78, 5) is 12.2. The summed E-state index contributed by atoms with van der Waals surface area (Å²) in [6, 6.07) is 10.3. The average molecular weight is 268 g/mol. The van der Waals surface area contributed by atoms with E-state index >= 15 is 0 Å². The van der Waals surface area contributed by atoms with Crippen molar-refractivity contribution in [2.45, 2.75) is 32.7 Å². The van der Waals surface area contributed by atoms with Gasteiger partial charge in [-0.1, -0.05) is 31.2 Å². The van der Waals surface area contributed by atoms with Gasteiger partial charge in [-0.3, -0.25) is 4.79 Å². The summed E-state index contributed by atoms with van der Waals surface area (Å²) in [5, 5.41) is 5.49. The summed E-state index contributed by atoms with van der Waals surface area (Å²) in [6.45, 7) is 3.72. The summed E-state index contributed by atoms with van der Waals surface area (Å²) in [6.07, 6.45) is 2.20. The summed E-state index contributed by atoms with van der Waals surface area (Å²) >= 11 is 0. The van der Waals surface area contributed by atoms with Crippen molar-refractivity contribution in [2.75, 3.05) is 5.32 Å². The van der Waals surface area contributed by atoms with Crippen LogP contribution in [0.2, 0.25) is 0 Å². The van der Waals surface area contributed by atoms with E-state index in [0.29, 0.717) is 0 Å². The van der Waals surface area contributed by atoms with Gasteiger partial charge in [-0.05, 0) is 42.3 Å². The second kappa shape index (κ2) is 4.91. The molecule has 0 fully saturated rings. The van der Waals surface area contributed by atoms with Crippen LogP contribution in [0.1, 0.15) is 25.0 Å². The van der Waals surface area contributed by atoms with E-state index in [0.717, 1.165) is 23.9 Å². The lowest BCUT2D eigenvalue weighted by Crippen LogP contribution is -2.34. The van der Waals surface area contributed by atoms with E-state index in [-0.39, 0.29) is 17.9 Å². The normalized spacial score (nSPS) is 16.1. The third kappa shape index (κ3) is 2.08. The first-order chi connectivity index (χ1) is 9.58. The van der Waals surface area contributed by atoms with Crippen molar-refractivity contribution in [1.82, 2.24) is 0 Å². The molecule has 2 aromatic carbocycles. The van der Waals surface area contributed by atoms with Crippen molar-refractivity contribution < 1.29 is 4.79 Å². The van der Waals surface area contributed by atoms with Gasteiger partial charge in [-0.25, -0.2) is 0 Å². The molecule has 0 aromatic heterocycles. The molecule has 0 spiro atoms. The summed E-state index contributed by atoms with van der Waals surface area (Å²) in [7, 11) is 0. The van der Waals surface area contributed by atoms with Gasteiger partial charge in [0, 0.05) is 17.1 Å². The number of hydrogen-bond acceptors (Lipinski definition) is 2. The Morgan fingerprint density at radius 3 is 2.55 bits per heavy atom. The maximum Gasteiger partial charge on any atom is 0.228 e. The number of carbonyl (C=O) groups is 1. The number of amides is 1. The van der Waals surface area contributed by atoms with Crippen molar-refractivity contribution in [2.24, 2.45) is 11.7 Å². The van der Waals surface area contributed by atoms with Crippen LogP contribution in [0.15, 0.2) is 30.3 Å². The Labute approximate surface area is 119 Å². The lowest BCUT2D eigenvalue weighted by atomic mass is 10.0. The lowest BCUT2D eigenvalue weighted by molar-refractivity contribution is -0.119. The number of hydrogen-bond donors (Lipinski definition) is 2. The molecule has 0 saturated heterocycles. The van der Waals surface area contributed by atoms with Gasteiger partial charge in [-0.2, -0.15) is 0 Å². The highest BCUT2D eigenvalue weighted by Crippen LogP contribution is 2.35. The van der Waals surface area contributed by atoms with Crippen molar-refractivity contribution >= 4 is 22.4 Å². The molecular formula is C17H20N2O. The molecule has 1 aliphatic carbocycles. The van der Waals surface area contributed by atoms with Crippen LogP contribution in [0.25, 0.3) is 10.8 Å². The van der Waals surface area contributed by atoms with Gasteiger partial charge in [0.15, 0.2) is 0 Å². The number of anilines is 1. The number of carbonyl (C=O) groups excluding carboxylic acids is 1. The predicted octanol–water partition coefficient (Wildman–Crippen LogP) is 2.86. The Kier molecular flexibility index (Phi) is 3.22. The van der Waals surface area contributed by atoms with Crippen LogP contribution in [-0.2, 0) is 17.6 Å². The highest BCUT2D eigenvalue weighted by atomic mass is 16.1. The van der Waals surface area contributed by atoms with Crippen LogP contribution < -0.4 is 11.1 Å². The van der Waals surface area contributed by atoms with Gasteiger partial charge in [0.1, 0.15) is 0 Å². The summed E-state index contributed by atoms with van der Waals surface area (Å²) < 4.78 is 0. The highest BCUT2D eigenvalue weighted by molar-refractivity contribution is 6.05. The molecule has 0 aliphatic heterocycles. The number of nitrogens with one attached hydrogen (secondary N) is 1. The zero-order valence-corrected chi connectivity index (χ0v) is 11.9. The molecule has 1 amide bonds. The standard InChI is InChI=1S/C17H20N2O/c1-10(11(2)18)17(20)19-15-9-8-13-7-6-12-4-3-5-14(15)16(12)13/h3-5,8-11H,6-7,18H2,1-2H3,(H,19,20). The Morgan fingerprint density at radius 1 is 1.15 bits per heavy atom. The first-order valence-electron chi connectivity index (χ1n) is 7.18. The van der Waals surface area contributed by atoms with Crippen LogP contribution in [0, 0.1) is 5.92 Å². The molecule has 20 heavy (non-hydrogen) atoms. The monoisotopic (exact) mass is 268 g/mol. The molecule has 2 aromatic rings. The predicted molar refractivity (Wildman–Crippen MR) is 82.8 cm³/mol. The molecule has 1 aliphatic rings. The molecule has 3 heteroatoms. The maximum atomic E-state index is 12.2. The maximum absolute atomic E-state index is 12.2.